The smallest absolute Gasteiger partial charge is 0.126 e. The molecule has 0 aliphatic heterocycles. The Kier molecular flexibility index (Phi) is 4.27. The van der Waals surface area contributed by atoms with E-state index >= 15 is 0 Å². The second-order valence-electron chi connectivity index (χ2n) is 4.74. The first-order chi connectivity index (χ1) is 9.06. The predicted octanol–water partition coefficient (Wildman–Crippen LogP) is 4.12. The maximum atomic E-state index is 13.1. The molecule has 0 saturated carbocycles. The molecule has 0 saturated heterocycles. The second kappa shape index (κ2) is 5.93. The molecule has 0 aliphatic carbocycles. The average molecular weight is 261 g/mol. The van der Waals surface area contributed by atoms with E-state index in [4.69, 9.17) is 0 Å². The van der Waals surface area contributed by atoms with Gasteiger partial charge in [-0.05, 0) is 48.7 Å². The average Bonchev–Trinajstić information content (AvgIpc) is 2.40. The van der Waals surface area contributed by atoms with Gasteiger partial charge in [0.15, 0.2) is 0 Å². The van der Waals surface area contributed by atoms with Crippen LogP contribution >= 0.6 is 0 Å². The van der Waals surface area contributed by atoms with Gasteiger partial charge in [0.05, 0.1) is 0 Å². The molecule has 100 valence electrons. The Morgan fingerprint density at radius 1 is 1.05 bits per heavy atom. The summed E-state index contributed by atoms with van der Waals surface area (Å²) in [4.78, 5) is 0. The molecule has 0 heterocycles. The zero-order chi connectivity index (χ0) is 13.8. The molecule has 0 bridgehead atoms. The molecular weight excluding hydrogens is 244 g/mol. The fourth-order valence-corrected chi connectivity index (χ4v) is 1.96. The minimum Gasteiger partial charge on any atom is -0.306 e. The van der Waals surface area contributed by atoms with Gasteiger partial charge in [-0.3, -0.25) is 0 Å². The first-order valence-corrected chi connectivity index (χ1v) is 6.30. The quantitative estimate of drug-likeness (QED) is 0.872. The van der Waals surface area contributed by atoms with Crippen molar-refractivity contribution < 1.29 is 8.78 Å². The number of halogens is 2. The summed E-state index contributed by atoms with van der Waals surface area (Å²) in [6.07, 6.45) is 0. The summed E-state index contributed by atoms with van der Waals surface area (Å²) in [6, 6.07) is 11.6. The number of hydrogen-bond acceptors (Lipinski definition) is 1. The molecule has 1 nitrogen and oxygen atoms in total. The summed E-state index contributed by atoms with van der Waals surface area (Å²) < 4.78 is 26.0. The normalized spacial score (nSPS) is 12.4. The van der Waals surface area contributed by atoms with Gasteiger partial charge in [0.1, 0.15) is 11.6 Å². The topological polar surface area (TPSA) is 12.0 Å². The Hall–Kier alpha value is -1.74. The highest BCUT2D eigenvalue weighted by Crippen LogP contribution is 2.15. The Morgan fingerprint density at radius 3 is 2.37 bits per heavy atom. The van der Waals surface area contributed by atoms with E-state index < -0.39 is 0 Å². The molecule has 19 heavy (non-hydrogen) atoms. The van der Waals surface area contributed by atoms with Crippen LogP contribution in [0.2, 0.25) is 0 Å². The Labute approximate surface area is 112 Å². The molecular formula is C16H17F2N. The highest BCUT2D eigenvalue weighted by Gasteiger charge is 2.05. The fourth-order valence-electron chi connectivity index (χ4n) is 1.96. The predicted molar refractivity (Wildman–Crippen MR) is 72.8 cm³/mol. The van der Waals surface area contributed by atoms with Crippen molar-refractivity contribution >= 4 is 0 Å². The number of hydrogen-bond donors (Lipinski definition) is 1. The molecule has 0 fully saturated rings. The zero-order valence-electron chi connectivity index (χ0n) is 11.1. The van der Waals surface area contributed by atoms with E-state index in [1.807, 2.05) is 13.0 Å². The highest BCUT2D eigenvalue weighted by molar-refractivity contribution is 5.24. The number of rotatable bonds is 4. The third kappa shape index (κ3) is 3.61. The van der Waals surface area contributed by atoms with Gasteiger partial charge >= 0.3 is 0 Å². The Balaban J connectivity index is 1.98. The van der Waals surface area contributed by atoms with Gasteiger partial charge in [0.25, 0.3) is 0 Å². The van der Waals surface area contributed by atoms with E-state index in [0.29, 0.717) is 12.1 Å². The van der Waals surface area contributed by atoms with Crippen LogP contribution < -0.4 is 5.32 Å². The molecule has 2 aromatic rings. The third-order valence-electron chi connectivity index (χ3n) is 3.20. The number of benzene rings is 2. The van der Waals surface area contributed by atoms with Crippen LogP contribution in [0.15, 0.2) is 42.5 Å². The van der Waals surface area contributed by atoms with Crippen molar-refractivity contribution in [2.75, 3.05) is 0 Å². The summed E-state index contributed by atoms with van der Waals surface area (Å²) in [6.45, 7) is 4.42. The summed E-state index contributed by atoms with van der Waals surface area (Å²) in [7, 11) is 0. The van der Waals surface area contributed by atoms with E-state index in [0.717, 1.165) is 11.1 Å². The molecule has 0 aromatic heterocycles. The number of nitrogens with one attached hydrogen (secondary N) is 1. The van der Waals surface area contributed by atoms with Crippen molar-refractivity contribution in [2.45, 2.75) is 26.4 Å². The maximum Gasteiger partial charge on any atom is 0.126 e. The highest BCUT2D eigenvalue weighted by atomic mass is 19.1. The van der Waals surface area contributed by atoms with Gasteiger partial charge in [0, 0.05) is 12.6 Å². The molecule has 0 spiro atoms. The van der Waals surface area contributed by atoms with Gasteiger partial charge < -0.3 is 5.32 Å². The molecule has 2 aromatic carbocycles. The molecule has 0 unspecified atom stereocenters. The van der Waals surface area contributed by atoms with Gasteiger partial charge in [0.2, 0.25) is 0 Å². The second-order valence-corrected chi connectivity index (χ2v) is 4.74. The Morgan fingerprint density at radius 2 is 1.74 bits per heavy atom. The zero-order valence-corrected chi connectivity index (χ0v) is 11.1. The Bertz CT molecular complexity index is 549. The van der Waals surface area contributed by atoms with Crippen LogP contribution in [0, 0.1) is 18.6 Å². The number of aryl methyl sites for hydroxylation is 1. The lowest BCUT2D eigenvalue weighted by molar-refractivity contribution is 0.568. The molecule has 0 radical (unpaired) electrons. The van der Waals surface area contributed by atoms with Crippen LogP contribution in [-0.2, 0) is 6.54 Å². The summed E-state index contributed by atoms with van der Waals surface area (Å²) in [5.41, 5.74) is 2.71. The van der Waals surface area contributed by atoms with Gasteiger partial charge in [-0.15, -0.1) is 0 Å². The SMILES string of the molecule is Cc1cc(CN[C@H](C)c2ccc(F)cc2)ccc1F. The van der Waals surface area contributed by atoms with Crippen molar-refractivity contribution in [3.8, 4) is 0 Å². The van der Waals surface area contributed by atoms with Crippen molar-refractivity contribution in [2.24, 2.45) is 0 Å². The molecule has 0 aliphatic rings. The molecule has 1 atom stereocenters. The largest absolute Gasteiger partial charge is 0.306 e. The minimum atomic E-state index is -0.231. The van der Waals surface area contributed by atoms with E-state index in [2.05, 4.69) is 5.32 Å². The van der Waals surface area contributed by atoms with E-state index in [1.54, 1.807) is 25.1 Å². The van der Waals surface area contributed by atoms with Crippen molar-refractivity contribution in [1.82, 2.24) is 5.32 Å². The minimum absolute atomic E-state index is 0.117. The van der Waals surface area contributed by atoms with Crippen LogP contribution in [0.25, 0.3) is 0 Å². The summed E-state index contributed by atoms with van der Waals surface area (Å²) in [5.74, 6) is -0.416. The lowest BCUT2D eigenvalue weighted by Gasteiger charge is -2.14. The standard InChI is InChI=1S/C16H17F2N/c1-11-9-13(3-8-16(11)18)10-19-12(2)14-4-6-15(17)7-5-14/h3-9,12,19H,10H2,1-2H3/t12-/m1/s1. The van der Waals surface area contributed by atoms with Crippen LogP contribution in [0.1, 0.15) is 29.7 Å². The summed E-state index contributed by atoms with van der Waals surface area (Å²) in [5, 5.41) is 3.34. The first-order valence-electron chi connectivity index (χ1n) is 6.30. The monoisotopic (exact) mass is 261 g/mol. The van der Waals surface area contributed by atoms with Crippen LogP contribution in [-0.4, -0.2) is 0 Å². The van der Waals surface area contributed by atoms with Gasteiger partial charge in [-0.2, -0.15) is 0 Å². The van der Waals surface area contributed by atoms with Crippen molar-refractivity contribution in [3.05, 3.63) is 70.8 Å². The van der Waals surface area contributed by atoms with Gasteiger partial charge in [-0.1, -0.05) is 24.3 Å². The summed E-state index contributed by atoms with van der Waals surface area (Å²) >= 11 is 0. The molecule has 2 rings (SSSR count). The molecule has 3 heteroatoms. The van der Waals surface area contributed by atoms with Crippen LogP contribution in [0.5, 0.6) is 0 Å². The van der Waals surface area contributed by atoms with E-state index in [1.165, 1.54) is 18.2 Å². The van der Waals surface area contributed by atoms with Crippen molar-refractivity contribution in [1.29, 1.82) is 0 Å². The lowest BCUT2D eigenvalue weighted by Crippen LogP contribution is -2.18. The fraction of sp³-hybridized carbons (Fsp3) is 0.250. The maximum absolute atomic E-state index is 13.1. The van der Waals surface area contributed by atoms with Gasteiger partial charge in [-0.25, -0.2) is 8.78 Å². The van der Waals surface area contributed by atoms with Crippen LogP contribution in [0.3, 0.4) is 0 Å². The van der Waals surface area contributed by atoms with Crippen molar-refractivity contribution in [3.63, 3.8) is 0 Å². The lowest BCUT2D eigenvalue weighted by atomic mass is 10.1. The van der Waals surface area contributed by atoms with E-state index in [-0.39, 0.29) is 17.7 Å². The molecule has 1 N–H and O–H groups in total. The third-order valence-corrected chi connectivity index (χ3v) is 3.20. The van der Waals surface area contributed by atoms with E-state index in [9.17, 15) is 8.78 Å². The first kappa shape index (κ1) is 13.7. The molecule has 0 amide bonds. The van der Waals surface area contributed by atoms with Crippen LogP contribution in [0.4, 0.5) is 8.78 Å².